The monoisotopic (exact) mass is 292 g/mol. The molecule has 1 aliphatic heterocycles. The number of hydrogen-bond acceptors (Lipinski definition) is 2. The third kappa shape index (κ3) is 1.89. The minimum atomic E-state index is -0.272. The van der Waals surface area contributed by atoms with Crippen LogP contribution in [0.2, 0.25) is 0 Å². The van der Waals surface area contributed by atoms with Crippen LogP contribution in [0.15, 0.2) is 54.7 Å². The molecular weight excluding hydrogens is 275 g/mol. The van der Waals surface area contributed by atoms with Crippen molar-refractivity contribution in [2.24, 2.45) is 0 Å². The molecule has 0 fully saturated rings. The average Bonchev–Trinajstić information content (AvgIpc) is 2.79. The van der Waals surface area contributed by atoms with Crippen molar-refractivity contribution in [3.63, 3.8) is 0 Å². The lowest BCUT2D eigenvalue weighted by Crippen LogP contribution is -2.25. The average molecular weight is 292 g/mol. The van der Waals surface area contributed by atoms with Crippen molar-refractivity contribution in [2.75, 3.05) is 11.4 Å². The zero-order chi connectivity index (χ0) is 15.3. The fourth-order valence-electron chi connectivity index (χ4n) is 3.34. The van der Waals surface area contributed by atoms with Crippen molar-refractivity contribution in [2.45, 2.75) is 19.3 Å². The summed E-state index contributed by atoms with van der Waals surface area (Å²) < 4.78 is 13.8. The van der Waals surface area contributed by atoms with Crippen LogP contribution in [0.25, 0.3) is 10.9 Å². The zero-order valence-corrected chi connectivity index (χ0v) is 12.7. The summed E-state index contributed by atoms with van der Waals surface area (Å²) in [5, 5.41) is 0.833. The molecule has 0 amide bonds. The van der Waals surface area contributed by atoms with E-state index in [-0.39, 0.29) is 11.2 Å². The Kier molecular flexibility index (Phi) is 2.73. The maximum atomic E-state index is 13.8. The lowest BCUT2D eigenvalue weighted by atomic mass is 9.87. The van der Waals surface area contributed by atoms with Gasteiger partial charge in [0.15, 0.2) is 0 Å². The number of fused-ring (bicyclic) bond motifs is 2. The predicted octanol–water partition coefficient (Wildman–Crippen LogP) is 4.80. The van der Waals surface area contributed by atoms with Gasteiger partial charge in [0.1, 0.15) is 11.3 Å². The van der Waals surface area contributed by atoms with Gasteiger partial charge in [0.05, 0.1) is 11.9 Å². The van der Waals surface area contributed by atoms with E-state index in [1.807, 2.05) is 12.1 Å². The van der Waals surface area contributed by atoms with Crippen molar-refractivity contribution in [3.05, 3.63) is 66.1 Å². The van der Waals surface area contributed by atoms with Gasteiger partial charge in [-0.3, -0.25) is 4.98 Å². The molecule has 4 rings (SSSR count). The highest BCUT2D eigenvalue weighted by atomic mass is 19.1. The Labute approximate surface area is 129 Å². The minimum Gasteiger partial charge on any atom is -0.339 e. The Morgan fingerprint density at radius 3 is 2.77 bits per heavy atom. The molecule has 0 radical (unpaired) electrons. The highest BCUT2D eigenvalue weighted by molar-refractivity contribution is 5.84. The normalized spacial score (nSPS) is 16.0. The second-order valence-corrected chi connectivity index (χ2v) is 6.49. The number of hydrogen-bond donors (Lipinski definition) is 0. The van der Waals surface area contributed by atoms with Crippen LogP contribution in [0.4, 0.5) is 15.8 Å². The van der Waals surface area contributed by atoms with Crippen molar-refractivity contribution >= 4 is 22.3 Å². The van der Waals surface area contributed by atoms with Crippen molar-refractivity contribution in [1.82, 2.24) is 4.98 Å². The summed E-state index contributed by atoms with van der Waals surface area (Å²) >= 11 is 0. The van der Waals surface area contributed by atoms with Gasteiger partial charge in [-0.1, -0.05) is 44.2 Å². The van der Waals surface area contributed by atoms with E-state index in [1.54, 1.807) is 12.3 Å². The maximum absolute atomic E-state index is 13.8. The highest BCUT2D eigenvalue weighted by Gasteiger charge is 2.35. The Balaban J connectivity index is 1.87. The van der Waals surface area contributed by atoms with Gasteiger partial charge in [-0.15, -0.1) is 0 Å². The lowest BCUT2D eigenvalue weighted by molar-refractivity contribution is 0.569. The lowest BCUT2D eigenvalue weighted by Gasteiger charge is -2.22. The Bertz CT molecular complexity index is 870. The Hall–Kier alpha value is -2.42. The first kappa shape index (κ1) is 13.3. The minimum absolute atomic E-state index is 0.0908. The Morgan fingerprint density at radius 2 is 1.91 bits per heavy atom. The van der Waals surface area contributed by atoms with Gasteiger partial charge in [-0.05, 0) is 23.8 Å². The molecule has 0 aliphatic carbocycles. The van der Waals surface area contributed by atoms with E-state index in [0.717, 1.165) is 17.6 Å². The number of nitrogens with zero attached hydrogens (tertiary/aromatic N) is 2. The topological polar surface area (TPSA) is 16.1 Å². The predicted molar refractivity (Wildman–Crippen MR) is 88.2 cm³/mol. The molecule has 2 nitrogen and oxygen atoms in total. The van der Waals surface area contributed by atoms with Gasteiger partial charge in [-0.25, -0.2) is 4.39 Å². The zero-order valence-electron chi connectivity index (χ0n) is 12.7. The van der Waals surface area contributed by atoms with Gasteiger partial charge in [0, 0.05) is 23.0 Å². The summed E-state index contributed by atoms with van der Waals surface area (Å²) in [6, 6.07) is 15.6. The molecule has 2 aromatic carbocycles. The summed E-state index contributed by atoms with van der Waals surface area (Å²) in [5.41, 5.74) is 4.08. The molecule has 0 bridgehead atoms. The number of halogens is 1. The van der Waals surface area contributed by atoms with Gasteiger partial charge < -0.3 is 4.90 Å². The first-order chi connectivity index (χ1) is 10.6. The van der Waals surface area contributed by atoms with Crippen molar-refractivity contribution in [3.8, 4) is 0 Å². The van der Waals surface area contributed by atoms with E-state index in [9.17, 15) is 4.39 Å². The first-order valence-corrected chi connectivity index (χ1v) is 7.48. The van der Waals surface area contributed by atoms with Gasteiger partial charge in [-0.2, -0.15) is 0 Å². The van der Waals surface area contributed by atoms with Gasteiger partial charge in [0.25, 0.3) is 0 Å². The number of anilines is 2. The van der Waals surface area contributed by atoms with Crippen LogP contribution in [0.5, 0.6) is 0 Å². The fourth-order valence-corrected chi connectivity index (χ4v) is 3.34. The summed E-state index contributed by atoms with van der Waals surface area (Å²) in [5.74, 6) is -0.272. The van der Waals surface area contributed by atoms with E-state index in [4.69, 9.17) is 0 Å². The maximum Gasteiger partial charge on any atom is 0.149 e. The SMILES string of the molecule is CC1(C)CN(c2cnc3c(F)cccc3c2)c2ccccc21. The molecule has 22 heavy (non-hydrogen) atoms. The summed E-state index contributed by atoms with van der Waals surface area (Å²) in [7, 11) is 0. The molecule has 2 heterocycles. The van der Waals surface area contributed by atoms with Crippen LogP contribution < -0.4 is 4.90 Å². The first-order valence-electron chi connectivity index (χ1n) is 7.48. The molecule has 110 valence electrons. The molecule has 0 N–H and O–H groups in total. The second kappa shape index (κ2) is 4.54. The smallest absolute Gasteiger partial charge is 0.149 e. The summed E-state index contributed by atoms with van der Waals surface area (Å²) in [6.45, 7) is 5.40. The standard InChI is InChI=1S/C19H17FN2/c1-19(2)12-22(17-9-4-3-7-15(17)19)14-10-13-6-5-8-16(20)18(13)21-11-14/h3-11H,12H2,1-2H3. The molecule has 0 unspecified atom stereocenters. The fraction of sp³-hybridized carbons (Fsp3) is 0.211. The third-order valence-electron chi connectivity index (χ3n) is 4.44. The molecular formula is C19H17FN2. The van der Waals surface area contributed by atoms with Crippen LogP contribution in [0.1, 0.15) is 19.4 Å². The van der Waals surface area contributed by atoms with Crippen LogP contribution >= 0.6 is 0 Å². The highest BCUT2D eigenvalue weighted by Crippen LogP contribution is 2.44. The number of benzene rings is 2. The number of aromatic nitrogens is 1. The largest absolute Gasteiger partial charge is 0.339 e. The van der Waals surface area contributed by atoms with Crippen LogP contribution in [0, 0.1) is 5.82 Å². The second-order valence-electron chi connectivity index (χ2n) is 6.49. The summed E-state index contributed by atoms with van der Waals surface area (Å²) in [6.07, 6.45) is 1.77. The molecule has 3 heteroatoms. The summed E-state index contributed by atoms with van der Waals surface area (Å²) in [4.78, 5) is 6.60. The molecule has 1 aliphatic rings. The van der Waals surface area contributed by atoms with E-state index in [1.165, 1.54) is 17.3 Å². The third-order valence-corrected chi connectivity index (χ3v) is 4.44. The van der Waals surface area contributed by atoms with Crippen LogP contribution in [-0.4, -0.2) is 11.5 Å². The molecule has 0 spiro atoms. The van der Waals surface area contributed by atoms with E-state index < -0.39 is 0 Å². The van der Waals surface area contributed by atoms with E-state index >= 15 is 0 Å². The molecule has 3 aromatic rings. The molecule has 0 saturated heterocycles. The van der Waals surface area contributed by atoms with Crippen LogP contribution in [0.3, 0.4) is 0 Å². The number of rotatable bonds is 1. The molecule has 0 atom stereocenters. The quantitative estimate of drug-likeness (QED) is 0.640. The van der Waals surface area contributed by atoms with Crippen LogP contribution in [-0.2, 0) is 5.41 Å². The molecule has 0 saturated carbocycles. The van der Waals surface area contributed by atoms with Gasteiger partial charge >= 0.3 is 0 Å². The van der Waals surface area contributed by atoms with E-state index in [2.05, 4.69) is 48.0 Å². The molecule has 1 aromatic heterocycles. The van der Waals surface area contributed by atoms with Gasteiger partial charge in [0.2, 0.25) is 0 Å². The van der Waals surface area contributed by atoms with E-state index in [0.29, 0.717) is 5.52 Å². The number of pyridine rings is 1. The number of para-hydroxylation sites is 2. The van der Waals surface area contributed by atoms with Crippen molar-refractivity contribution in [1.29, 1.82) is 0 Å². The van der Waals surface area contributed by atoms with Crippen molar-refractivity contribution < 1.29 is 4.39 Å². The Morgan fingerprint density at radius 1 is 1.09 bits per heavy atom.